The molecule has 2 amide bonds. The second-order valence-corrected chi connectivity index (χ2v) is 9.55. The molecule has 1 fully saturated rings. The summed E-state index contributed by atoms with van der Waals surface area (Å²) < 4.78 is 11.9. The smallest absolute Gasteiger partial charge is 0.410 e. The quantitative estimate of drug-likeness (QED) is 0.660. The number of benzene rings is 1. The van der Waals surface area contributed by atoms with Gasteiger partial charge in [-0.2, -0.15) is 0 Å². The molecular weight excluding hydrogens is 438 g/mol. The summed E-state index contributed by atoms with van der Waals surface area (Å²) in [5.41, 5.74) is 7.72. The number of anilines is 1. The van der Waals surface area contributed by atoms with Crippen LogP contribution in [-0.2, 0) is 11.2 Å². The summed E-state index contributed by atoms with van der Waals surface area (Å²) in [4.78, 5) is 26.7. The zero-order chi connectivity index (χ0) is 21.2. The van der Waals surface area contributed by atoms with Crippen LogP contribution in [-0.4, -0.2) is 48.7 Å². The Morgan fingerprint density at radius 2 is 2.03 bits per heavy atom. The van der Waals surface area contributed by atoms with Crippen molar-refractivity contribution in [3.05, 3.63) is 21.7 Å². The third-order valence-electron chi connectivity index (χ3n) is 5.25. The summed E-state index contributed by atoms with van der Waals surface area (Å²) in [6, 6.07) is 1.74. The molecular formula is C21H30BrN3O4. The normalized spacial score (nSPS) is 17.3. The molecule has 0 atom stereocenters. The highest BCUT2D eigenvalue weighted by atomic mass is 79.9. The molecule has 0 saturated carbocycles. The van der Waals surface area contributed by atoms with Crippen molar-refractivity contribution in [2.45, 2.75) is 52.1 Å². The van der Waals surface area contributed by atoms with E-state index in [2.05, 4.69) is 21.2 Å². The summed E-state index contributed by atoms with van der Waals surface area (Å²) >= 11 is 3.45. The van der Waals surface area contributed by atoms with E-state index in [0.29, 0.717) is 49.2 Å². The minimum atomic E-state index is -0.490. The van der Waals surface area contributed by atoms with Gasteiger partial charge in [0, 0.05) is 29.7 Å². The van der Waals surface area contributed by atoms with E-state index in [-0.39, 0.29) is 12.0 Å². The molecule has 2 heterocycles. The van der Waals surface area contributed by atoms with E-state index < -0.39 is 5.60 Å². The van der Waals surface area contributed by atoms with E-state index in [1.165, 1.54) is 0 Å². The second-order valence-electron chi connectivity index (χ2n) is 8.70. The van der Waals surface area contributed by atoms with Crippen LogP contribution in [0.2, 0.25) is 0 Å². The molecule has 0 unspecified atom stereocenters. The van der Waals surface area contributed by atoms with Crippen LogP contribution >= 0.6 is 15.9 Å². The molecule has 0 radical (unpaired) electrons. The van der Waals surface area contributed by atoms with Crippen molar-refractivity contribution < 1.29 is 19.1 Å². The van der Waals surface area contributed by atoms with Gasteiger partial charge in [0.15, 0.2) is 0 Å². The number of amides is 2. The van der Waals surface area contributed by atoms with E-state index in [9.17, 15) is 9.59 Å². The first-order valence-corrected chi connectivity index (χ1v) is 10.9. The van der Waals surface area contributed by atoms with E-state index in [1.54, 1.807) is 11.0 Å². The molecule has 7 nitrogen and oxygen atoms in total. The van der Waals surface area contributed by atoms with Gasteiger partial charge >= 0.3 is 6.09 Å². The molecule has 3 N–H and O–H groups in total. The number of hydrogen-bond acceptors (Lipinski definition) is 5. The zero-order valence-corrected chi connectivity index (χ0v) is 18.9. The topological polar surface area (TPSA) is 93.9 Å². The lowest BCUT2D eigenvalue weighted by atomic mass is 9.96. The fourth-order valence-electron chi connectivity index (χ4n) is 3.68. The first-order chi connectivity index (χ1) is 13.7. The van der Waals surface area contributed by atoms with Crippen LogP contribution in [0.5, 0.6) is 5.75 Å². The van der Waals surface area contributed by atoms with Crippen molar-refractivity contribution in [1.82, 2.24) is 10.2 Å². The zero-order valence-electron chi connectivity index (χ0n) is 17.3. The number of likely N-dealkylation sites (tertiary alicyclic amines) is 1. The number of carbonyl (C=O) groups is 2. The second kappa shape index (κ2) is 8.81. The van der Waals surface area contributed by atoms with E-state index in [4.69, 9.17) is 15.2 Å². The van der Waals surface area contributed by atoms with E-state index in [0.717, 1.165) is 35.7 Å². The lowest BCUT2D eigenvalue weighted by molar-refractivity contribution is 0.0183. The summed E-state index contributed by atoms with van der Waals surface area (Å²) in [7, 11) is 0. The number of halogens is 1. The molecule has 0 spiro atoms. The van der Waals surface area contributed by atoms with Gasteiger partial charge in [0.1, 0.15) is 11.4 Å². The lowest BCUT2D eigenvalue weighted by Crippen LogP contribution is -2.43. The van der Waals surface area contributed by atoms with Crippen molar-refractivity contribution in [3.63, 3.8) is 0 Å². The minimum Gasteiger partial charge on any atom is -0.492 e. The van der Waals surface area contributed by atoms with Gasteiger partial charge in [-0.25, -0.2) is 4.79 Å². The molecule has 2 aliphatic rings. The molecule has 1 aromatic rings. The first kappa shape index (κ1) is 21.7. The van der Waals surface area contributed by atoms with Crippen molar-refractivity contribution in [2.75, 3.05) is 32.0 Å². The number of piperidine rings is 1. The molecule has 2 aliphatic heterocycles. The standard InChI is InChI=1S/C21H30BrN3O4/c1-21(2,3)29-20(27)25-8-6-13(7-9-25)12-24-19(26)15-11-16(22)17(23)14-5-4-10-28-18(14)15/h11,13H,4-10,12,23H2,1-3H3,(H,24,26). The summed E-state index contributed by atoms with van der Waals surface area (Å²) in [6.45, 7) is 8.04. The van der Waals surface area contributed by atoms with Crippen molar-refractivity contribution in [3.8, 4) is 5.75 Å². The Morgan fingerprint density at radius 3 is 2.69 bits per heavy atom. The molecule has 0 aliphatic carbocycles. The van der Waals surface area contributed by atoms with Gasteiger partial charge in [0.05, 0.1) is 17.9 Å². The van der Waals surface area contributed by atoms with Crippen LogP contribution < -0.4 is 15.8 Å². The maximum absolute atomic E-state index is 12.8. The van der Waals surface area contributed by atoms with E-state index >= 15 is 0 Å². The highest BCUT2D eigenvalue weighted by Crippen LogP contribution is 2.38. The average molecular weight is 468 g/mol. The summed E-state index contributed by atoms with van der Waals surface area (Å²) in [6.07, 6.45) is 3.10. The van der Waals surface area contributed by atoms with Gasteiger partial charge < -0.3 is 25.4 Å². The average Bonchev–Trinajstić information content (AvgIpc) is 2.68. The fourth-order valence-corrected chi connectivity index (χ4v) is 4.15. The Bertz CT molecular complexity index is 783. The molecule has 1 aromatic carbocycles. The Labute approximate surface area is 180 Å². The van der Waals surface area contributed by atoms with Crippen molar-refractivity contribution in [1.29, 1.82) is 0 Å². The third-order valence-corrected chi connectivity index (χ3v) is 5.91. The molecule has 29 heavy (non-hydrogen) atoms. The third kappa shape index (κ3) is 5.35. The SMILES string of the molecule is CC(C)(C)OC(=O)N1CCC(CNC(=O)c2cc(Br)c(N)c3c2OCCC3)CC1. The first-order valence-electron chi connectivity index (χ1n) is 10.2. The Kier molecular flexibility index (Phi) is 6.61. The fraction of sp³-hybridized carbons (Fsp3) is 0.619. The number of fused-ring (bicyclic) bond motifs is 1. The number of nitrogen functional groups attached to an aromatic ring is 1. The highest BCUT2D eigenvalue weighted by molar-refractivity contribution is 9.10. The van der Waals surface area contributed by atoms with Crippen molar-refractivity contribution >= 4 is 33.6 Å². The maximum Gasteiger partial charge on any atom is 0.410 e. The minimum absolute atomic E-state index is 0.154. The van der Waals surface area contributed by atoms with Gasteiger partial charge in [-0.05, 0) is 74.4 Å². The van der Waals surface area contributed by atoms with Gasteiger partial charge in [0.25, 0.3) is 5.91 Å². The number of rotatable bonds is 3. The molecule has 8 heteroatoms. The van der Waals surface area contributed by atoms with Gasteiger partial charge in [-0.15, -0.1) is 0 Å². The predicted molar refractivity (Wildman–Crippen MR) is 115 cm³/mol. The van der Waals surface area contributed by atoms with Crippen LogP contribution in [0.4, 0.5) is 10.5 Å². The number of nitrogens with one attached hydrogen (secondary N) is 1. The highest BCUT2D eigenvalue weighted by Gasteiger charge is 2.28. The summed E-state index contributed by atoms with van der Waals surface area (Å²) in [5, 5.41) is 3.03. The molecule has 0 aromatic heterocycles. The van der Waals surface area contributed by atoms with Crippen LogP contribution in [0.1, 0.15) is 56.0 Å². The van der Waals surface area contributed by atoms with Gasteiger partial charge in [0.2, 0.25) is 0 Å². The van der Waals surface area contributed by atoms with Gasteiger partial charge in [-0.3, -0.25) is 4.79 Å². The molecule has 0 bridgehead atoms. The number of nitrogens with two attached hydrogens (primary N) is 1. The summed E-state index contributed by atoms with van der Waals surface area (Å²) in [5.74, 6) is 0.777. The van der Waals surface area contributed by atoms with Gasteiger partial charge in [-0.1, -0.05) is 0 Å². The largest absolute Gasteiger partial charge is 0.492 e. The monoisotopic (exact) mass is 467 g/mol. The Morgan fingerprint density at radius 1 is 1.34 bits per heavy atom. The lowest BCUT2D eigenvalue weighted by Gasteiger charge is -2.33. The number of carbonyl (C=O) groups excluding carboxylic acids is 2. The Hall–Kier alpha value is -1.96. The van der Waals surface area contributed by atoms with E-state index in [1.807, 2.05) is 20.8 Å². The molecule has 3 rings (SSSR count). The maximum atomic E-state index is 12.8. The van der Waals surface area contributed by atoms with Crippen LogP contribution in [0.25, 0.3) is 0 Å². The number of hydrogen-bond donors (Lipinski definition) is 2. The van der Waals surface area contributed by atoms with Crippen LogP contribution in [0.3, 0.4) is 0 Å². The predicted octanol–water partition coefficient (Wildman–Crippen LogP) is 3.73. The number of nitrogens with zero attached hydrogens (tertiary/aromatic N) is 1. The van der Waals surface area contributed by atoms with Crippen molar-refractivity contribution in [2.24, 2.45) is 5.92 Å². The van der Waals surface area contributed by atoms with Crippen LogP contribution in [0.15, 0.2) is 10.5 Å². The Balaban J connectivity index is 1.55. The number of ether oxygens (including phenoxy) is 2. The molecule has 160 valence electrons. The van der Waals surface area contributed by atoms with Crippen LogP contribution in [0, 0.1) is 5.92 Å². The molecule has 1 saturated heterocycles.